The number of nitrogens with two attached hydrogens (primary N) is 1. The number of rotatable bonds is 4. The Morgan fingerprint density at radius 1 is 1.54 bits per heavy atom. The first-order chi connectivity index (χ1) is 5.99. The monoisotopic (exact) mass is 180 g/mol. The van der Waals surface area contributed by atoms with Gasteiger partial charge in [0.2, 0.25) is 0 Å². The Morgan fingerprint density at radius 2 is 2.08 bits per heavy atom. The van der Waals surface area contributed by atoms with E-state index < -0.39 is 0 Å². The number of ketones is 1. The van der Waals surface area contributed by atoms with E-state index >= 15 is 0 Å². The van der Waals surface area contributed by atoms with Crippen molar-refractivity contribution in [2.24, 2.45) is 10.7 Å². The van der Waals surface area contributed by atoms with E-state index in [0.717, 1.165) is 0 Å². The molecule has 72 valence electrons. The van der Waals surface area contributed by atoms with E-state index in [1.807, 2.05) is 13.8 Å². The van der Waals surface area contributed by atoms with Gasteiger partial charge in [-0.3, -0.25) is 9.79 Å². The predicted octanol–water partition coefficient (Wildman–Crippen LogP) is 1.45. The number of allylic oxidation sites excluding steroid dienone is 3. The van der Waals surface area contributed by atoms with Crippen molar-refractivity contribution in [3.05, 3.63) is 23.9 Å². The molecule has 0 aromatic heterocycles. The van der Waals surface area contributed by atoms with Crippen molar-refractivity contribution in [3.63, 3.8) is 0 Å². The van der Waals surface area contributed by atoms with Gasteiger partial charge in [0.25, 0.3) is 0 Å². The van der Waals surface area contributed by atoms with Crippen LogP contribution in [0.15, 0.2) is 28.9 Å². The lowest BCUT2D eigenvalue weighted by molar-refractivity contribution is -0.110. The second-order valence-corrected chi connectivity index (χ2v) is 3.04. The molecule has 0 aromatic rings. The summed E-state index contributed by atoms with van der Waals surface area (Å²) >= 11 is 0. The number of aliphatic imine (C=N–C) groups is 1. The third-order valence-corrected chi connectivity index (χ3v) is 1.38. The van der Waals surface area contributed by atoms with Crippen LogP contribution in [0.25, 0.3) is 0 Å². The summed E-state index contributed by atoms with van der Waals surface area (Å²) in [4.78, 5) is 15.3. The molecule has 0 aliphatic rings. The highest BCUT2D eigenvalue weighted by Crippen LogP contribution is 1.99. The van der Waals surface area contributed by atoms with Crippen LogP contribution in [0.5, 0.6) is 0 Å². The van der Waals surface area contributed by atoms with Crippen molar-refractivity contribution >= 4 is 12.0 Å². The molecule has 0 aromatic carbocycles. The molecule has 13 heavy (non-hydrogen) atoms. The minimum absolute atomic E-state index is 0.159. The summed E-state index contributed by atoms with van der Waals surface area (Å²) in [6.45, 7) is 8.92. The van der Waals surface area contributed by atoms with Crippen LogP contribution in [0.3, 0.4) is 0 Å². The van der Waals surface area contributed by atoms with Gasteiger partial charge in [-0.2, -0.15) is 0 Å². The Balaban J connectivity index is 4.77. The van der Waals surface area contributed by atoms with Crippen molar-refractivity contribution < 1.29 is 4.79 Å². The zero-order valence-electron chi connectivity index (χ0n) is 8.37. The molecule has 0 aliphatic carbocycles. The van der Waals surface area contributed by atoms with Gasteiger partial charge in [0.15, 0.2) is 5.78 Å². The number of hydrogen-bond donors (Lipinski definition) is 1. The van der Waals surface area contributed by atoms with Crippen LogP contribution in [0, 0.1) is 0 Å². The summed E-state index contributed by atoms with van der Waals surface area (Å²) in [5, 5.41) is 0. The minimum atomic E-state index is -0.190. The Kier molecular flexibility index (Phi) is 4.74. The van der Waals surface area contributed by atoms with Crippen LogP contribution < -0.4 is 5.73 Å². The standard InChI is InChI=1S/C10H16N2O/c1-5-10(13)9(8(4)11)6-12-7(2)3/h5-7H,1,11H2,2-4H3/b9-8+,12-6?. The molecule has 0 radical (unpaired) electrons. The fraction of sp³-hybridized carbons (Fsp3) is 0.400. The zero-order chi connectivity index (χ0) is 10.4. The average Bonchev–Trinajstić information content (AvgIpc) is 2.03. The molecular formula is C10H16N2O. The van der Waals surface area contributed by atoms with Gasteiger partial charge in [-0.05, 0) is 26.8 Å². The number of nitrogens with zero attached hydrogens (tertiary/aromatic N) is 1. The van der Waals surface area contributed by atoms with Gasteiger partial charge in [-0.1, -0.05) is 6.58 Å². The molecule has 0 saturated heterocycles. The average molecular weight is 180 g/mol. The van der Waals surface area contributed by atoms with E-state index in [0.29, 0.717) is 11.3 Å². The molecule has 0 unspecified atom stereocenters. The number of carbonyl (C=O) groups is 1. The van der Waals surface area contributed by atoms with Gasteiger partial charge in [0.1, 0.15) is 0 Å². The van der Waals surface area contributed by atoms with Gasteiger partial charge < -0.3 is 5.73 Å². The summed E-state index contributed by atoms with van der Waals surface area (Å²) in [6.07, 6.45) is 2.74. The van der Waals surface area contributed by atoms with Gasteiger partial charge in [0, 0.05) is 18.0 Å². The first kappa shape index (κ1) is 11.6. The third-order valence-electron chi connectivity index (χ3n) is 1.38. The van der Waals surface area contributed by atoms with Crippen LogP contribution in [-0.4, -0.2) is 18.0 Å². The van der Waals surface area contributed by atoms with E-state index in [2.05, 4.69) is 11.6 Å². The highest BCUT2D eigenvalue weighted by molar-refractivity contribution is 6.18. The van der Waals surface area contributed by atoms with Crippen molar-refractivity contribution in [2.45, 2.75) is 26.8 Å². The smallest absolute Gasteiger partial charge is 0.188 e. The Labute approximate surface area is 79.0 Å². The van der Waals surface area contributed by atoms with Crippen LogP contribution in [0.2, 0.25) is 0 Å². The highest BCUT2D eigenvalue weighted by atomic mass is 16.1. The van der Waals surface area contributed by atoms with Crippen LogP contribution in [0.1, 0.15) is 20.8 Å². The largest absolute Gasteiger partial charge is 0.402 e. The fourth-order valence-electron chi connectivity index (χ4n) is 0.693. The van der Waals surface area contributed by atoms with Crippen molar-refractivity contribution in [2.75, 3.05) is 0 Å². The molecule has 2 N–H and O–H groups in total. The predicted molar refractivity (Wildman–Crippen MR) is 55.7 cm³/mol. The molecule has 0 fully saturated rings. The first-order valence-electron chi connectivity index (χ1n) is 4.15. The van der Waals surface area contributed by atoms with E-state index in [1.54, 1.807) is 6.92 Å². The molecule has 3 nitrogen and oxygen atoms in total. The molecule has 0 atom stereocenters. The third kappa shape index (κ3) is 4.25. The summed E-state index contributed by atoms with van der Waals surface area (Å²) < 4.78 is 0. The Morgan fingerprint density at radius 3 is 2.38 bits per heavy atom. The van der Waals surface area contributed by atoms with Gasteiger partial charge in [-0.15, -0.1) is 0 Å². The maximum atomic E-state index is 11.2. The summed E-state index contributed by atoms with van der Waals surface area (Å²) in [5.74, 6) is -0.190. The molecule has 3 heteroatoms. The van der Waals surface area contributed by atoms with E-state index in [9.17, 15) is 4.79 Å². The lowest BCUT2D eigenvalue weighted by atomic mass is 10.1. The van der Waals surface area contributed by atoms with E-state index in [1.165, 1.54) is 12.3 Å². The second-order valence-electron chi connectivity index (χ2n) is 3.04. The molecule has 0 saturated carbocycles. The van der Waals surface area contributed by atoms with E-state index in [-0.39, 0.29) is 11.8 Å². The lowest BCUT2D eigenvalue weighted by Gasteiger charge is -2.00. The SMILES string of the molecule is C=CC(=O)/C(C=NC(C)C)=C(\C)N. The minimum Gasteiger partial charge on any atom is -0.402 e. The molecular weight excluding hydrogens is 164 g/mol. The first-order valence-corrected chi connectivity index (χ1v) is 4.15. The summed E-state index contributed by atoms with van der Waals surface area (Å²) in [5.41, 5.74) is 6.41. The van der Waals surface area contributed by atoms with Gasteiger partial charge in [0.05, 0.1) is 5.57 Å². The van der Waals surface area contributed by atoms with Gasteiger partial charge in [-0.25, -0.2) is 0 Å². The van der Waals surface area contributed by atoms with Crippen LogP contribution >= 0.6 is 0 Å². The normalized spacial score (nSPS) is 13.2. The fourth-order valence-corrected chi connectivity index (χ4v) is 0.693. The Hall–Kier alpha value is -1.38. The lowest BCUT2D eigenvalue weighted by Crippen LogP contribution is -2.09. The molecule has 0 bridgehead atoms. The topological polar surface area (TPSA) is 55.5 Å². The highest BCUT2D eigenvalue weighted by Gasteiger charge is 2.04. The summed E-state index contributed by atoms with van der Waals surface area (Å²) in [6, 6.07) is 0.159. The molecule has 0 rings (SSSR count). The van der Waals surface area contributed by atoms with Crippen LogP contribution in [-0.2, 0) is 4.79 Å². The quantitative estimate of drug-likeness (QED) is 0.526. The van der Waals surface area contributed by atoms with Gasteiger partial charge >= 0.3 is 0 Å². The van der Waals surface area contributed by atoms with Crippen molar-refractivity contribution in [1.29, 1.82) is 0 Å². The van der Waals surface area contributed by atoms with Crippen molar-refractivity contribution in [1.82, 2.24) is 0 Å². The maximum Gasteiger partial charge on any atom is 0.188 e. The zero-order valence-corrected chi connectivity index (χ0v) is 8.37. The van der Waals surface area contributed by atoms with E-state index in [4.69, 9.17) is 5.73 Å². The Bertz CT molecular complexity index is 258. The molecule has 0 spiro atoms. The van der Waals surface area contributed by atoms with Crippen molar-refractivity contribution in [3.8, 4) is 0 Å². The maximum absolute atomic E-state index is 11.2. The molecule has 0 amide bonds. The molecule has 0 aliphatic heterocycles. The second kappa shape index (κ2) is 5.30. The summed E-state index contributed by atoms with van der Waals surface area (Å²) in [7, 11) is 0. The number of carbonyl (C=O) groups excluding carboxylic acids is 1. The molecule has 0 heterocycles. The van der Waals surface area contributed by atoms with Crippen LogP contribution in [0.4, 0.5) is 0 Å². The number of hydrogen-bond acceptors (Lipinski definition) is 3.